The molecule has 0 aliphatic heterocycles. The van der Waals surface area contributed by atoms with Crippen LogP contribution in [0.25, 0.3) is 0 Å². The number of nitrogen functional groups attached to an aromatic ring is 1. The quantitative estimate of drug-likeness (QED) is 0.780. The van der Waals surface area contributed by atoms with Gasteiger partial charge in [0, 0.05) is 4.88 Å². The number of rotatable bonds is 4. The van der Waals surface area contributed by atoms with Crippen molar-refractivity contribution in [1.82, 2.24) is 4.98 Å². The minimum absolute atomic E-state index is 0.0293. The van der Waals surface area contributed by atoms with Gasteiger partial charge in [0.05, 0.1) is 15.9 Å². The van der Waals surface area contributed by atoms with Gasteiger partial charge in [-0.1, -0.05) is 6.92 Å². The van der Waals surface area contributed by atoms with Crippen LogP contribution in [0.1, 0.15) is 17.5 Å². The van der Waals surface area contributed by atoms with Crippen LogP contribution < -0.4 is 10.5 Å². The highest BCUT2D eigenvalue weighted by Crippen LogP contribution is 2.29. The number of benzene rings is 1. The minimum Gasteiger partial charge on any atom is -0.398 e. The van der Waals surface area contributed by atoms with E-state index in [1.165, 1.54) is 11.3 Å². The molecule has 2 aromatic rings. The molecule has 0 saturated carbocycles. The molecule has 1 heterocycles. The smallest absolute Gasteiger partial charge is 0.265 e. The van der Waals surface area contributed by atoms with Crippen LogP contribution >= 0.6 is 27.3 Å². The first kappa shape index (κ1) is 16.2. The Kier molecular flexibility index (Phi) is 4.54. The zero-order valence-corrected chi connectivity index (χ0v) is 14.5. The van der Waals surface area contributed by atoms with Crippen molar-refractivity contribution < 1.29 is 12.8 Å². The molecule has 0 radical (unpaired) electrons. The second-order valence-electron chi connectivity index (χ2n) is 4.29. The number of nitrogens with zero attached hydrogens (tertiary/aromatic N) is 1. The predicted molar refractivity (Wildman–Crippen MR) is 85.5 cm³/mol. The number of nitrogens with one attached hydrogen (secondary N) is 1. The molecule has 1 aromatic heterocycles. The summed E-state index contributed by atoms with van der Waals surface area (Å²) in [5, 5.41) is 0.268. The van der Waals surface area contributed by atoms with Gasteiger partial charge >= 0.3 is 0 Å². The maximum Gasteiger partial charge on any atom is 0.265 e. The Morgan fingerprint density at radius 3 is 2.71 bits per heavy atom. The van der Waals surface area contributed by atoms with E-state index in [4.69, 9.17) is 5.73 Å². The summed E-state index contributed by atoms with van der Waals surface area (Å²) in [6.07, 6.45) is 0.717. The number of aromatic nitrogens is 1. The van der Waals surface area contributed by atoms with Gasteiger partial charge in [-0.3, -0.25) is 4.72 Å². The molecule has 114 valence electrons. The highest BCUT2D eigenvalue weighted by Gasteiger charge is 2.21. The lowest BCUT2D eigenvalue weighted by atomic mass is 10.3. The fraction of sp³-hybridized carbons (Fsp3) is 0.250. The third kappa shape index (κ3) is 3.35. The highest BCUT2D eigenvalue weighted by atomic mass is 79.9. The third-order valence-corrected chi connectivity index (χ3v) is 5.85. The van der Waals surface area contributed by atoms with E-state index in [-0.39, 0.29) is 20.2 Å². The summed E-state index contributed by atoms with van der Waals surface area (Å²) in [6, 6.07) is 2.09. The number of hydrogen-bond acceptors (Lipinski definition) is 5. The number of anilines is 2. The SMILES string of the molecule is CCc1nc(NS(=O)(=O)c2cc(Br)c(F)cc2N)sc1C. The van der Waals surface area contributed by atoms with E-state index in [0.29, 0.717) is 6.42 Å². The number of sulfonamides is 1. The summed E-state index contributed by atoms with van der Waals surface area (Å²) in [5.41, 5.74) is 6.27. The second kappa shape index (κ2) is 5.90. The number of thiazole rings is 1. The molecule has 9 heteroatoms. The molecule has 0 amide bonds. The fourth-order valence-corrected chi connectivity index (χ4v) is 4.52. The van der Waals surface area contributed by atoms with Gasteiger partial charge in [-0.05, 0) is 41.4 Å². The fourth-order valence-electron chi connectivity index (χ4n) is 1.75. The Morgan fingerprint density at radius 1 is 1.48 bits per heavy atom. The summed E-state index contributed by atoms with van der Waals surface area (Å²) in [6.45, 7) is 3.81. The number of nitrogens with two attached hydrogens (primary N) is 1. The summed E-state index contributed by atoms with van der Waals surface area (Å²) in [4.78, 5) is 4.96. The lowest BCUT2D eigenvalue weighted by Gasteiger charge is -2.09. The van der Waals surface area contributed by atoms with Crippen LogP contribution in [0, 0.1) is 12.7 Å². The summed E-state index contributed by atoms with van der Waals surface area (Å²) >= 11 is 4.19. The van der Waals surface area contributed by atoms with Crippen LogP contribution in [0.4, 0.5) is 15.2 Å². The Morgan fingerprint density at radius 2 is 2.14 bits per heavy atom. The molecule has 0 aliphatic carbocycles. The van der Waals surface area contributed by atoms with Gasteiger partial charge in [-0.2, -0.15) is 0 Å². The van der Waals surface area contributed by atoms with Crippen LogP contribution in [0.15, 0.2) is 21.5 Å². The molecule has 0 aliphatic rings. The van der Waals surface area contributed by atoms with Crippen LogP contribution in [0.2, 0.25) is 0 Å². The molecule has 0 fully saturated rings. The van der Waals surface area contributed by atoms with E-state index in [0.717, 1.165) is 22.7 Å². The Balaban J connectivity index is 2.40. The monoisotopic (exact) mass is 393 g/mol. The van der Waals surface area contributed by atoms with Gasteiger partial charge in [0.15, 0.2) is 5.13 Å². The lowest BCUT2D eigenvalue weighted by Crippen LogP contribution is -2.15. The van der Waals surface area contributed by atoms with Crippen LogP contribution in [-0.2, 0) is 16.4 Å². The second-order valence-corrected chi connectivity index (χ2v) is 7.99. The van der Waals surface area contributed by atoms with Crippen LogP contribution in [-0.4, -0.2) is 13.4 Å². The molecule has 21 heavy (non-hydrogen) atoms. The van der Waals surface area contributed by atoms with E-state index in [9.17, 15) is 12.8 Å². The van der Waals surface area contributed by atoms with Gasteiger partial charge < -0.3 is 5.73 Å². The Bertz CT molecular complexity index is 790. The summed E-state index contributed by atoms with van der Waals surface area (Å²) in [5.74, 6) is -0.621. The molecule has 0 unspecified atom stereocenters. The average Bonchev–Trinajstić information content (AvgIpc) is 2.72. The van der Waals surface area contributed by atoms with E-state index >= 15 is 0 Å². The maximum absolute atomic E-state index is 13.3. The molecule has 0 saturated heterocycles. The molecule has 0 bridgehead atoms. The summed E-state index contributed by atoms with van der Waals surface area (Å²) in [7, 11) is -3.92. The lowest BCUT2D eigenvalue weighted by molar-refractivity contribution is 0.599. The molecule has 0 spiro atoms. The van der Waals surface area contributed by atoms with Crippen molar-refractivity contribution in [2.24, 2.45) is 0 Å². The topological polar surface area (TPSA) is 85.1 Å². The number of aryl methyl sites for hydroxylation is 2. The predicted octanol–water partition coefficient (Wildman–Crippen LogP) is 3.30. The standard InChI is InChI=1S/C12H13BrFN3O2S2/c1-3-10-6(2)20-12(16-10)17-21(18,19)11-4-7(13)8(14)5-9(11)15/h4-5H,3,15H2,1-2H3,(H,16,17). The molecule has 0 atom stereocenters. The van der Waals surface area contributed by atoms with Crippen molar-refractivity contribution >= 4 is 48.1 Å². The minimum atomic E-state index is -3.92. The maximum atomic E-state index is 13.3. The number of halogens is 2. The van der Waals surface area contributed by atoms with Crippen molar-refractivity contribution in [3.63, 3.8) is 0 Å². The highest BCUT2D eigenvalue weighted by molar-refractivity contribution is 9.10. The van der Waals surface area contributed by atoms with Gasteiger partial charge in [0.2, 0.25) is 0 Å². The Hall–Kier alpha value is -1.19. The average molecular weight is 394 g/mol. The molecular formula is C12H13BrFN3O2S2. The normalized spacial score (nSPS) is 11.6. The van der Waals surface area contributed by atoms with Gasteiger partial charge in [0.1, 0.15) is 10.7 Å². The van der Waals surface area contributed by atoms with Crippen molar-refractivity contribution in [3.05, 3.63) is 33.0 Å². The van der Waals surface area contributed by atoms with Crippen molar-refractivity contribution in [1.29, 1.82) is 0 Å². The van der Waals surface area contributed by atoms with Gasteiger partial charge in [0.25, 0.3) is 10.0 Å². The largest absolute Gasteiger partial charge is 0.398 e. The summed E-state index contributed by atoms with van der Waals surface area (Å²) < 4.78 is 40.4. The molecule has 5 nitrogen and oxygen atoms in total. The van der Waals surface area contributed by atoms with Crippen molar-refractivity contribution in [2.75, 3.05) is 10.5 Å². The van der Waals surface area contributed by atoms with Gasteiger partial charge in [-0.15, -0.1) is 11.3 Å². The molecule has 3 N–H and O–H groups in total. The van der Waals surface area contributed by atoms with E-state index in [2.05, 4.69) is 25.6 Å². The zero-order valence-electron chi connectivity index (χ0n) is 11.3. The zero-order chi connectivity index (χ0) is 15.8. The third-order valence-electron chi connectivity index (χ3n) is 2.79. The first-order valence-corrected chi connectivity index (χ1v) is 9.07. The Labute approximate surface area is 134 Å². The van der Waals surface area contributed by atoms with Crippen molar-refractivity contribution in [3.8, 4) is 0 Å². The van der Waals surface area contributed by atoms with Gasteiger partial charge in [-0.25, -0.2) is 17.8 Å². The molecule has 2 rings (SSSR count). The molecular weight excluding hydrogens is 381 g/mol. The van der Waals surface area contributed by atoms with E-state index in [1.54, 1.807) is 0 Å². The first-order chi connectivity index (χ1) is 9.74. The van der Waals surface area contributed by atoms with Crippen LogP contribution in [0.5, 0.6) is 0 Å². The first-order valence-electron chi connectivity index (χ1n) is 5.98. The molecule has 1 aromatic carbocycles. The van der Waals surface area contributed by atoms with Crippen LogP contribution in [0.3, 0.4) is 0 Å². The van der Waals surface area contributed by atoms with E-state index in [1.807, 2.05) is 13.8 Å². The van der Waals surface area contributed by atoms with Crippen molar-refractivity contribution in [2.45, 2.75) is 25.2 Å². The number of hydrogen-bond donors (Lipinski definition) is 2. The van der Waals surface area contributed by atoms with E-state index < -0.39 is 15.8 Å².